The van der Waals surface area contributed by atoms with Gasteiger partial charge in [-0.25, -0.2) is 22.4 Å². The maximum atomic E-state index is 12.5. The number of aliphatic imine (C=N–C) groups is 1. The number of amides is 1. The molecule has 0 radical (unpaired) electrons. The van der Waals surface area contributed by atoms with Gasteiger partial charge in [-0.1, -0.05) is 20.8 Å². The van der Waals surface area contributed by atoms with E-state index >= 15 is 0 Å². The maximum Gasteiger partial charge on any atom is 0.408 e. The highest BCUT2D eigenvalue weighted by molar-refractivity contribution is 7.91. The third-order valence-corrected chi connectivity index (χ3v) is 5.33. The van der Waals surface area contributed by atoms with Crippen LogP contribution in [0.1, 0.15) is 41.5 Å². The molecule has 0 bridgehead atoms. The Kier molecular flexibility index (Phi) is 8.23. The van der Waals surface area contributed by atoms with Crippen LogP contribution in [0.3, 0.4) is 0 Å². The fourth-order valence-electron chi connectivity index (χ4n) is 2.13. The number of carbonyl (C=O) groups is 2. The smallest absolute Gasteiger partial charge is 0.408 e. The molecular weight excluding hydrogens is 381 g/mol. The van der Waals surface area contributed by atoms with E-state index in [0.717, 1.165) is 0 Å². The maximum absolute atomic E-state index is 12.5. The van der Waals surface area contributed by atoms with E-state index in [0.29, 0.717) is 0 Å². The minimum atomic E-state index is -4.00. The van der Waals surface area contributed by atoms with E-state index in [-0.39, 0.29) is 12.4 Å². The van der Waals surface area contributed by atoms with E-state index in [1.54, 1.807) is 20.8 Å². The first-order valence-corrected chi connectivity index (χ1v) is 10.1. The highest BCUT2D eigenvalue weighted by atomic mass is 32.2. The Bertz CT molecular complexity index is 679. The van der Waals surface area contributed by atoms with Gasteiger partial charge in [0.15, 0.2) is 15.4 Å². The number of ether oxygens (including phenoxy) is 1. The zero-order valence-corrected chi connectivity index (χ0v) is 17.4. The molecule has 0 aromatic rings. The number of carbonyl (C=O) groups excluding carboxylic acids is 1. The highest BCUT2D eigenvalue weighted by Gasteiger charge is 2.53. The third-order valence-electron chi connectivity index (χ3n) is 3.65. The minimum Gasteiger partial charge on any atom is -0.479 e. The van der Waals surface area contributed by atoms with Crippen molar-refractivity contribution in [1.29, 1.82) is 0 Å². The molecule has 0 saturated carbocycles. The molecule has 0 heterocycles. The molecule has 0 spiro atoms. The van der Waals surface area contributed by atoms with E-state index < -0.39 is 56.6 Å². The summed E-state index contributed by atoms with van der Waals surface area (Å²) in [6.07, 6.45) is -1.05. The topological polar surface area (TPSA) is 148 Å². The molecule has 0 aliphatic heterocycles. The lowest BCUT2D eigenvalue weighted by Gasteiger charge is -2.41. The Labute approximate surface area is 159 Å². The number of nitrogens with one attached hydrogen (secondary N) is 1. The van der Waals surface area contributed by atoms with Crippen LogP contribution >= 0.6 is 0 Å². The molecule has 4 N–H and O–H groups in total. The van der Waals surface area contributed by atoms with Crippen LogP contribution in [0.4, 0.5) is 9.18 Å². The predicted molar refractivity (Wildman–Crippen MR) is 100 cm³/mol. The number of hydrogen-bond donors (Lipinski definition) is 3. The largest absolute Gasteiger partial charge is 0.479 e. The number of halogens is 1. The Morgan fingerprint density at radius 1 is 1.19 bits per heavy atom. The van der Waals surface area contributed by atoms with Gasteiger partial charge in [0.05, 0.1) is 18.1 Å². The van der Waals surface area contributed by atoms with Crippen molar-refractivity contribution in [2.75, 3.05) is 24.7 Å². The number of amidine groups is 1. The second-order valence-electron chi connectivity index (χ2n) is 8.19. The fraction of sp³-hybridized carbons (Fsp3) is 0.812. The first-order valence-electron chi connectivity index (χ1n) is 8.25. The Balaban J connectivity index is 5.74. The van der Waals surface area contributed by atoms with E-state index in [4.69, 9.17) is 10.5 Å². The summed E-state index contributed by atoms with van der Waals surface area (Å²) >= 11 is 0. The van der Waals surface area contributed by atoms with Crippen LogP contribution < -0.4 is 11.1 Å². The molecule has 1 atom stereocenters. The van der Waals surface area contributed by atoms with Gasteiger partial charge in [0.1, 0.15) is 18.1 Å². The molecule has 1 unspecified atom stereocenters. The molecule has 158 valence electrons. The van der Waals surface area contributed by atoms with Crippen LogP contribution in [0, 0.1) is 5.41 Å². The van der Waals surface area contributed by atoms with Crippen LogP contribution in [-0.2, 0) is 19.4 Å². The number of carboxylic acids is 1. The SMILES string of the molecule is CC(C)(C)OC(=O)NC(CS(=O)(=O)CCN=C(N)CF)(C(=O)O)C(C)(C)C. The van der Waals surface area contributed by atoms with Crippen molar-refractivity contribution in [2.45, 2.75) is 52.7 Å². The summed E-state index contributed by atoms with van der Waals surface area (Å²) in [5.74, 6) is -3.30. The number of nitrogens with zero attached hydrogens (tertiary/aromatic N) is 1. The average molecular weight is 411 g/mol. The molecule has 0 aromatic carbocycles. The molecule has 9 nitrogen and oxygen atoms in total. The summed E-state index contributed by atoms with van der Waals surface area (Å²) in [4.78, 5) is 27.8. The van der Waals surface area contributed by atoms with Gasteiger partial charge < -0.3 is 20.9 Å². The van der Waals surface area contributed by atoms with Gasteiger partial charge in [0, 0.05) is 0 Å². The second kappa shape index (κ2) is 8.85. The molecule has 27 heavy (non-hydrogen) atoms. The monoisotopic (exact) mass is 411 g/mol. The van der Waals surface area contributed by atoms with Crippen molar-refractivity contribution in [3.63, 3.8) is 0 Å². The quantitative estimate of drug-likeness (QED) is 0.400. The predicted octanol–water partition coefficient (Wildman–Crippen LogP) is 1.12. The van der Waals surface area contributed by atoms with Crippen molar-refractivity contribution in [3.05, 3.63) is 0 Å². The van der Waals surface area contributed by atoms with Crippen molar-refractivity contribution in [1.82, 2.24) is 5.32 Å². The Morgan fingerprint density at radius 2 is 1.70 bits per heavy atom. The van der Waals surface area contributed by atoms with Crippen molar-refractivity contribution in [2.24, 2.45) is 16.1 Å². The number of rotatable bonds is 8. The van der Waals surface area contributed by atoms with Crippen LogP contribution in [0.5, 0.6) is 0 Å². The number of alkyl carbamates (subject to hydrolysis) is 1. The number of nitrogens with two attached hydrogens (primary N) is 1. The van der Waals surface area contributed by atoms with Crippen molar-refractivity contribution >= 4 is 27.7 Å². The molecule has 0 saturated heterocycles. The van der Waals surface area contributed by atoms with Gasteiger partial charge >= 0.3 is 12.1 Å². The number of alkyl halides is 1. The van der Waals surface area contributed by atoms with Gasteiger partial charge in [-0.2, -0.15) is 0 Å². The highest BCUT2D eigenvalue weighted by Crippen LogP contribution is 2.33. The third kappa shape index (κ3) is 8.10. The molecule has 0 aromatic heterocycles. The van der Waals surface area contributed by atoms with Crippen LogP contribution in [0.2, 0.25) is 0 Å². The summed E-state index contributed by atoms with van der Waals surface area (Å²) < 4.78 is 42.3. The number of hydrogen-bond acceptors (Lipinski definition) is 6. The fourth-order valence-corrected chi connectivity index (χ4v) is 3.93. The Hall–Kier alpha value is -1.91. The summed E-state index contributed by atoms with van der Waals surface area (Å²) in [5.41, 5.74) is 0.959. The zero-order valence-electron chi connectivity index (χ0n) is 16.6. The minimum absolute atomic E-state index is 0.315. The summed E-state index contributed by atoms with van der Waals surface area (Å²) in [6.45, 7) is 7.93. The molecule has 0 fully saturated rings. The van der Waals surface area contributed by atoms with Crippen molar-refractivity contribution < 1.29 is 32.2 Å². The van der Waals surface area contributed by atoms with Gasteiger partial charge in [-0.05, 0) is 26.2 Å². The van der Waals surface area contributed by atoms with E-state index in [1.165, 1.54) is 20.8 Å². The number of sulfone groups is 1. The van der Waals surface area contributed by atoms with Crippen LogP contribution in [-0.4, -0.2) is 67.3 Å². The second-order valence-corrected chi connectivity index (χ2v) is 10.4. The standard InChI is InChI=1S/C16H30FN3O6S/c1-14(2,3)16(12(21)22,20-13(23)26-15(4,5)6)10-27(24,25)8-7-19-11(18)9-17/h7-10H2,1-6H3,(H2,18,19)(H,20,23)(H,21,22). The summed E-state index contributed by atoms with van der Waals surface area (Å²) in [7, 11) is -4.00. The first-order chi connectivity index (χ1) is 12.0. The Morgan fingerprint density at radius 3 is 2.07 bits per heavy atom. The summed E-state index contributed by atoms with van der Waals surface area (Å²) in [6, 6.07) is 0. The molecule has 0 aliphatic rings. The van der Waals surface area contributed by atoms with E-state index in [1.807, 2.05) is 0 Å². The lowest BCUT2D eigenvalue weighted by Crippen LogP contribution is -2.66. The van der Waals surface area contributed by atoms with Gasteiger partial charge in [0.25, 0.3) is 0 Å². The number of aliphatic carboxylic acids is 1. The van der Waals surface area contributed by atoms with Gasteiger partial charge in [-0.15, -0.1) is 0 Å². The van der Waals surface area contributed by atoms with Gasteiger partial charge in [-0.3, -0.25) is 4.99 Å². The molecule has 1 amide bonds. The molecule has 11 heteroatoms. The average Bonchev–Trinajstić information content (AvgIpc) is 2.42. The van der Waals surface area contributed by atoms with Crippen LogP contribution in [0.15, 0.2) is 4.99 Å². The molecule has 0 aliphatic carbocycles. The number of carboxylic acid groups (broad SMARTS) is 1. The first kappa shape index (κ1) is 25.1. The lowest BCUT2D eigenvalue weighted by molar-refractivity contribution is -0.148. The molecular formula is C16H30FN3O6S. The normalized spacial score (nSPS) is 15.7. The van der Waals surface area contributed by atoms with E-state index in [9.17, 15) is 27.5 Å². The zero-order chi connectivity index (χ0) is 21.7. The van der Waals surface area contributed by atoms with E-state index in [2.05, 4.69) is 10.3 Å². The van der Waals surface area contributed by atoms with Crippen molar-refractivity contribution in [3.8, 4) is 0 Å². The molecule has 0 rings (SSSR count). The van der Waals surface area contributed by atoms with Crippen LogP contribution in [0.25, 0.3) is 0 Å². The summed E-state index contributed by atoms with van der Waals surface area (Å²) in [5, 5.41) is 12.0. The lowest BCUT2D eigenvalue weighted by atomic mass is 9.74. The van der Waals surface area contributed by atoms with Gasteiger partial charge in [0.2, 0.25) is 0 Å².